The van der Waals surface area contributed by atoms with E-state index in [1.807, 2.05) is 12.1 Å². The molecule has 0 fully saturated rings. The third-order valence-corrected chi connectivity index (χ3v) is 2.21. The standard InChI is InChI=1S/C13H8NO/c14-9-10-5-7-11(8-6-10)12-3-1-2-4-13(12)15/h1-8H. The lowest BCUT2D eigenvalue weighted by molar-refractivity contribution is 0.356. The van der Waals surface area contributed by atoms with Gasteiger partial charge in [0.25, 0.3) is 0 Å². The van der Waals surface area contributed by atoms with Crippen molar-refractivity contribution in [2.24, 2.45) is 0 Å². The van der Waals surface area contributed by atoms with Crippen LogP contribution in [-0.4, -0.2) is 0 Å². The Balaban J connectivity index is 2.47. The van der Waals surface area contributed by atoms with E-state index in [1.165, 1.54) is 6.07 Å². The van der Waals surface area contributed by atoms with Crippen LogP contribution < -0.4 is 0 Å². The van der Waals surface area contributed by atoms with Gasteiger partial charge < -0.3 is 0 Å². The molecule has 2 aromatic rings. The van der Waals surface area contributed by atoms with Gasteiger partial charge in [0.2, 0.25) is 0 Å². The van der Waals surface area contributed by atoms with Gasteiger partial charge in [0, 0.05) is 5.56 Å². The SMILES string of the molecule is N#Cc1ccc(-c2ccccc2[O])cc1. The van der Waals surface area contributed by atoms with Gasteiger partial charge in [-0.25, -0.2) is 0 Å². The van der Waals surface area contributed by atoms with Gasteiger partial charge in [0.05, 0.1) is 11.6 Å². The van der Waals surface area contributed by atoms with E-state index < -0.39 is 0 Å². The second-order valence-electron chi connectivity index (χ2n) is 3.19. The lowest BCUT2D eigenvalue weighted by Gasteiger charge is -2.01. The molecule has 0 bridgehead atoms. The molecule has 0 amide bonds. The van der Waals surface area contributed by atoms with Crippen molar-refractivity contribution in [3.8, 4) is 22.9 Å². The Labute approximate surface area is 88.0 Å². The van der Waals surface area contributed by atoms with Gasteiger partial charge in [-0.1, -0.05) is 30.3 Å². The molecule has 2 nitrogen and oxygen atoms in total. The predicted molar refractivity (Wildman–Crippen MR) is 56.7 cm³/mol. The zero-order valence-corrected chi connectivity index (χ0v) is 7.97. The number of para-hydroxylation sites is 1. The maximum absolute atomic E-state index is 11.5. The summed E-state index contributed by atoms with van der Waals surface area (Å²) < 4.78 is 0. The summed E-state index contributed by atoms with van der Waals surface area (Å²) in [6, 6.07) is 15.9. The van der Waals surface area contributed by atoms with Gasteiger partial charge in [-0.3, -0.25) is 5.11 Å². The van der Waals surface area contributed by atoms with Gasteiger partial charge in [-0.05, 0) is 23.8 Å². The molecule has 0 aromatic heterocycles. The maximum atomic E-state index is 11.5. The van der Waals surface area contributed by atoms with E-state index in [9.17, 15) is 5.11 Å². The van der Waals surface area contributed by atoms with Crippen LogP contribution in [0.2, 0.25) is 0 Å². The van der Waals surface area contributed by atoms with E-state index in [4.69, 9.17) is 5.26 Å². The first kappa shape index (κ1) is 9.29. The van der Waals surface area contributed by atoms with E-state index in [0.717, 1.165) is 5.56 Å². The average Bonchev–Trinajstić information content (AvgIpc) is 2.30. The zero-order chi connectivity index (χ0) is 10.7. The molecule has 0 aliphatic carbocycles. The number of nitrogens with zero attached hydrogens (tertiary/aromatic N) is 1. The molecule has 2 aromatic carbocycles. The Morgan fingerprint density at radius 2 is 1.60 bits per heavy atom. The molecule has 0 atom stereocenters. The summed E-state index contributed by atoms with van der Waals surface area (Å²) >= 11 is 0. The normalized spacial score (nSPS) is 9.53. The number of rotatable bonds is 1. The Kier molecular flexibility index (Phi) is 2.38. The van der Waals surface area contributed by atoms with Crippen molar-refractivity contribution in [1.29, 1.82) is 5.26 Å². The van der Waals surface area contributed by atoms with Gasteiger partial charge in [-0.15, -0.1) is 0 Å². The summed E-state index contributed by atoms with van der Waals surface area (Å²) in [6.45, 7) is 0. The summed E-state index contributed by atoms with van der Waals surface area (Å²) in [5.74, 6) is 0.00204. The zero-order valence-electron chi connectivity index (χ0n) is 7.97. The Morgan fingerprint density at radius 1 is 0.933 bits per heavy atom. The van der Waals surface area contributed by atoms with Crippen LogP contribution in [0.5, 0.6) is 5.75 Å². The highest BCUT2D eigenvalue weighted by Crippen LogP contribution is 2.28. The van der Waals surface area contributed by atoms with Crippen LogP contribution in [-0.2, 0) is 5.11 Å². The summed E-state index contributed by atoms with van der Waals surface area (Å²) in [7, 11) is 0. The quantitative estimate of drug-likeness (QED) is 0.686. The van der Waals surface area contributed by atoms with Crippen LogP contribution in [0, 0.1) is 11.3 Å². The van der Waals surface area contributed by atoms with Gasteiger partial charge in [-0.2, -0.15) is 5.26 Å². The van der Waals surface area contributed by atoms with E-state index in [0.29, 0.717) is 11.1 Å². The smallest absolute Gasteiger partial charge is 0.186 e. The minimum absolute atomic E-state index is 0.00204. The largest absolute Gasteiger partial charge is 0.289 e. The lowest BCUT2D eigenvalue weighted by atomic mass is 10.0. The van der Waals surface area contributed by atoms with Crippen molar-refractivity contribution < 1.29 is 5.11 Å². The monoisotopic (exact) mass is 194 g/mol. The fourth-order valence-electron chi connectivity index (χ4n) is 1.43. The third kappa shape index (κ3) is 1.82. The highest BCUT2D eigenvalue weighted by Gasteiger charge is 2.03. The summed E-state index contributed by atoms with van der Waals surface area (Å²) in [5.41, 5.74) is 2.11. The van der Waals surface area contributed by atoms with E-state index in [1.54, 1.807) is 36.4 Å². The molecule has 0 aliphatic heterocycles. The molecule has 2 heteroatoms. The molecular weight excluding hydrogens is 186 g/mol. The fourth-order valence-corrected chi connectivity index (χ4v) is 1.43. The number of hydrogen-bond donors (Lipinski definition) is 0. The summed E-state index contributed by atoms with van der Waals surface area (Å²) in [5, 5.41) is 20.2. The average molecular weight is 194 g/mol. The third-order valence-electron chi connectivity index (χ3n) is 2.21. The van der Waals surface area contributed by atoms with Crippen LogP contribution in [0.15, 0.2) is 48.5 Å². The molecule has 15 heavy (non-hydrogen) atoms. The van der Waals surface area contributed by atoms with Gasteiger partial charge in [0.15, 0.2) is 5.75 Å². The molecule has 0 aliphatic rings. The van der Waals surface area contributed by atoms with Crippen LogP contribution in [0.3, 0.4) is 0 Å². The molecular formula is C13H8NO. The fraction of sp³-hybridized carbons (Fsp3) is 0. The van der Waals surface area contributed by atoms with Crippen molar-refractivity contribution in [2.45, 2.75) is 0 Å². The number of benzene rings is 2. The molecule has 0 unspecified atom stereocenters. The van der Waals surface area contributed by atoms with Crippen LogP contribution >= 0.6 is 0 Å². The molecule has 0 N–H and O–H groups in total. The first-order chi connectivity index (χ1) is 7.31. The first-order valence-corrected chi connectivity index (χ1v) is 4.58. The maximum Gasteiger partial charge on any atom is 0.186 e. The Bertz CT molecular complexity index is 509. The minimum atomic E-state index is 0.00204. The minimum Gasteiger partial charge on any atom is -0.289 e. The molecule has 1 radical (unpaired) electrons. The molecule has 0 saturated carbocycles. The second-order valence-corrected chi connectivity index (χ2v) is 3.19. The van der Waals surface area contributed by atoms with Crippen molar-refractivity contribution >= 4 is 0 Å². The first-order valence-electron chi connectivity index (χ1n) is 4.58. The number of nitriles is 1. The lowest BCUT2D eigenvalue weighted by Crippen LogP contribution is -1.79. The predicted octanol–water partition coefficient (Wildman–Crippen LogP) is 3.37. The van der Waals surface area contributed by atoms with Gasteiger partial charge >= 0.3 is 0 Å². The van der Waals surface area contributed by atoms with E-state index >= 15 is 0 Å². The Morgan fingerprint density at radius 3 is 2.20 bits per heavy atom. The molecule has 0 spiro atoms. The highest BCUT2D eigenvalue weighted by atomic mass is 16.3. The van der Waals surface area contributed by atoms with Crippen LogP contribution in [0.25, 0.3) is 11.1 Å². The summed E-state index contributed by atoms with van der Waals surface area (Å²) in [4.78, 5) is 0. The van der Waals surface area contributed by atoms with E-state index in [-0.39, 0.29) is 5.75 Å². The van der Waals surface area contributed by atoms with Crippen LogP contribution in [0.1, 0.15) is 5.56 Å². The summed E-state index contributed by atoms with van der Waals surface area (Å²) in [6.07, 6.45) is 0. The highest BCUT2D eigenvalue weighted by molar-refractivity contribution is 5.70. The van der Waals surface area contributed by atoms with Gasteiger partial charge in [0.1, 0.15) is 0 Å². The van der Waals surface area contributed by atoms with Crippen molar-refractivity contribution in [2.75, 3.05) is 0 Å². The topological polar surface area (TPSA) is 43.7 Å². The van der Waals surface area contributed by atoms with Crippen molar-refractivity contribution in [3.05, 3.63) is 54.1 Å². The number of hydrogen-bond acceptors (Lipinski definition) is 1. The molecule has 71 valence electrons. The van der Waals surface area contributed by atoms with Crippen molar-refractivity contribution in [3.63, 3.8) is 0 Å². The van der Waals surface area contributed by atoms with E-state index in [2.05, 4.69) is 0 Å². The van der Waals surface area contributed by atoms with Crippen molar-refractivity contribution in [1.82, 2.24) is 0 Å². The molecule has 0 heterocycles. The molecule has 2 rings (SSSR count). The second kappa shape index (κ2) is 3.85. The Hall–Kier alpha value is -2.27. The van der Waals surface area contributed by atoms with Crippen LogP contribution in [0.4, 0.5) is 0 Å². The molecule has 0 saturated heterocycles.